The number of allylic oxidation sites excluding steroid dienone is 11. The van der Waals surface area contributed by atoms with Gasteiger partial charge in [0.2, 0.25) is 0 Å². The van der Waals surface area contributed by atoms with Crippen LogP contribution in [0.4, 0.5) is 0 Å². The molecule has 0 fully saturated rings. The van der Waals surface area contributed by atoms with Crippen LogP contribution in [0, 0.1) is 10.8 Å². The first-order valence-corrected chi connectivity index (χ1v) is 18.7. The average molecular weight is 723 g/mol. The van der Waals surface area contributed by atoms with Crippen LogP contribution in [0.2, 0.25) is 0 Å². The molecule has 0 saturated heterocycles. The van der Waals surface area contributed by atoms with E-state index in [0.29, 0.717) is 22.8 Å². The number of carbonyl (C=O) groups is 1. The Labute approximate surface area is 299 Å². The number of phenols is 1. The number of hydrogen-bond acceptors (Lipinski definition) is 4. The minimum absolute atomic E-state index is 0.00303. The van der Waals surface area contributed by atoms with E-state index in [1.807, 2.05) is 60.7 Å². The molecule has 3 aliphatic rings. The van der Waals surface area contributed by atoms with Crippen LogP contribution >= 0.6 is 0 Å². The maximum absolute atomic E-state index is 13.6. The van der Waals surface area contributed by atoms with Gasteiger partial charge in [-0.15, -0.1) is 0 Å². The number of ketones is 1. The van der Waals surface area contributed by atoms with E-state index in [0.717, 1.165) is 33.4 Å². The number of rotatable bonds is 4. The molecule has 2 N–H and O–H groups in total. The summed E-state index contributed by atoms with van der Waals surface area (Å²) in [5, 5.41) is 22.7. The molecule has 5 rings (SSSR count). The Morgan fingerprint density at radius 3 is 1.69 bits per heavy atom. The normalized spacial score (nSPS) is 19.2. The molecule has 1 aliphatic carbocycles. The molecule has 0 spiro atoms. The van der Waals surface area contributed by atoms with Gasteiger partial charge in [-0.25, -0.2) is 0 Å². The van der Waals surface area contributed by atoms with Gasteiger partial charge in [0, 0.05) is 11.1 Å². The van der Waals surface area contributed by atoms with Crippen LogP contribution in [0.3, 0.4) is 0 Å². The minimum atomic E-state index is -0.313. The van der Waals surface area contributed by atoms with Crippen molar-refractivity contribution in [2.24, 2.45) is 10.8 Å². The third kappa shape index (κ3) is 7.79. The third-order valence-electron chi connectivity index (χ3n) is 8.80. The SMILES string of the molecule is CC(C)(C)C1=CC(C=C2C(=O)C(C=C3C=C(c4ccccc4)OC(c4cc(C(C)(C)C)c(O)c(C(C)(C)C)c4)=C3)=C2O)=CC(C(C)(C)C)=[Se]1. The summed E-state index contributed by atoms with van der Waals surface area (Å²) >= 11 is 0.226. The summed E-state index contributed by atoms with van der Waals surface area (Å²) in [5.74, 6) is 1.36. The fraction of sp³-hybridized carbons (Fsp3) is 0.364. The third-order valence-corrected chi connectivity index (χ3v) is 12.8. The fourth-order valence-electron chi connectivity index (χ4n) is 5.80. The number of Topliss-reactive ketones (excluding diaryl/α,β-unsaturated/α-hetero) is 1. The maximum atomic E-state index is 13.6. The molecule has 0 amide bonds. The number of aromatic hydroxyl groups is 1. The van der Waals surface area contributed by atoms with Gasteiger partial charge in [-0.3, -0.25) is 0 Å². The summed E-state index contributed by atoms with van der Waals surface area (Å²) in [7, 11) is 0. The van der Waals surface area contributed by atoms with Gasteiger partial charge < -0.3 is 5.11 Å². The Kier molecular flexibility index (Phi) is 9.47. The molecule has 5 heteroatoms. The summed E-state index contributed by atoms with van der Waals surface area (Å²) in [5.41, 5.74) is 5.07. The Morgan fingerprint density at radius 2 is 1.20 bits per heavy atom. The van der Waals surface area contributed by atoms with Crippen molar-refractivity contribution in [3.63, 3.8) is 0 Å². The molecule has 4 nitrogen and oxygen atoms in total. The molecule has 257 valence electrons. The van der Waals surface area contributed by atoms with E-state index in [1.165, 1.54) is 8.89 Å². The summed E-state index contributed by atoms with van der Waals surface area (Å²) < 4.78 is 9.30. The van der Waals surface area contributed by atoms with Crippen molar-refractivity contribution in [3.8, 4) is 5.75 Å². The van der Waals surface area contributed by atoms with Gasteiger partial charge in [0.25, 0.3) is 0 Å². The van der Waals surface area contributed by atoms with Crippen molar-refractivity contribution in [2.75, 3.05) is 0 Å². The summed E-state index contributed by atoms with van der Waals surface area (Å²) in [6.45, 7) is 25.9. The van der Waals surface area contributed by atoms with Gasteiger partial charge in [0.05, 0.1) is 0 Å². The zero-order chi connectivity index (χ0) is 36.3. The summed E-state index contributed by atoms with van der Waals surface area (Å²) in [6, 6.07) is 13.8. The topological polar surface area (TPSA) is 66.8 Å². The standard InChI is InChI=1S/C44H51O4Se/c1-41(2,3)32-24-29(25-33(40(32)47)42(4,5)6)35-21-26(20-34(48-35)28-16-14-13-15-17-28)18-30-38(45)31(39(30)46)19-27-22-36(43(7,8)9)49-37(23-27)44(10,11)12/h13-25,45,47H,1-12H3. The van der Waals surface area contributed by atoms with Gasteiger partial charge in [-0.2, -0.15) is 0 Å². The second-order valence-electron chi connectivity index (χ2n) is 17.3. The fourth-order valence-corrected chi connectivity index (χ4v) is 8.40. The molecule has 2 aromatic rings. The number of aliphatic hydroxyl groups is 1. The number of benzene rings is 2. The first kappa shape index (κ1) is 36.4. The van der Waals surface area contributed by atoms with E-state index in [2.05, 4.69) is 95.2 Å². The van der Waals surface area contributed by atoms with Gasteiger partial charge in [0.15, 0.2) is 0 Å². The molecule has 49 heavy (non-hydrogen) atoms. The first-order valence-electron chi connectivity index (χ1n) is 17.0. The Hall–Kier alpha value is -3.92. The van der Waals surface area contributed by atoms with Crippen molar-refractivity contribution < 1.29 is 19.7 Å². The van der Waals surface area contributed by atoms with E-state index in [9.17, 15) is 15.0 Å². The molecule has 0 saturated carbocycles. The Morgan fingerprint density at radius 1 is 0.653 bits per heavy atom. The molecule has 2 aliphatic heterocycles. The number of aliphatic hydroxyl groups excluding tert-OH is 1. The summed E-state index contributed by atoms with van der Waals surface area (Å²) in [4.78, 5) is 13.6. The van der Waals surface area contributed by atoms with Crippen molar-refractivity contribution in [3.05, 3.63) is 134 Å². The van der Waals surface area contributed by atoms with Gasteiger partial charge >= 0.3 is 183 Å². The number of carbonyl (C=O) groups excluding carboxylic acids is 1. The molecular weight excluding hydrogens is 671 g/mol. The number of ether oxygens (including phenoxy) is 1. The molecule has 0 bridgehead atoms. The van der Waals surface area contributed by atoms with Gasteiger partial charge in [-0.05, 0) is 23.0 Å². The first-order chi connectivity index (χ1) is 22.5. The zero-order valence-electron chi connectivity index (χ0n) is 31.1. The van der Waals surface area contributed by atoms with Crippen LogP contribution < -0.4 is 0 Å². The van der Waals surface area contributed by atoms with Crippen LogP contribution in [0.1, 0.15) is 105 Å². The van der Waals surface area contributed by atoms with Crippen molar-refractivity contribution >= 4 is 36.2 Å². The molecule has 0 unspecified atom stereocenters. The van der Waals surface area contributed by atoms with Gasteiger partial charge in [-0.1, -0.05) is 71.9 Å². The molecule has 2 aromatic carbocycles. The molecule has 0 aromatic heterocycles. The Balaban J connectivity index is 1.62. The predicted octanol–water partition coefficient (Wildman–Crippen LogP) is 10.4. The Bertz CT molecular complexity index is 1910. The van der Waals surface area contributed by atoms with E-state index < -0.39 is 0 Å². The second-order valence-corrected chi connectivity index (χ2v) is 19.6. The van der Waals surface area contributed by atoms with Crippen molar-refractivity contribution in [1.29, 1.82) is 0 Å². The number of hydrogen-bond donors (Lipinski definition) is 2. The quantitative estimate of drug-likeness (QED) is 0.244. The molecule has 0 atom stereocenters. The van der Waals surface area contributed by atoms with Crippen molar-refractivity contribution in [1.82, 2.24) is 0 Å². The van der Waals surface area contributed by atoms with Crippen LogP contribution in [-0.2, 0) is 20.4 Å². The van der Waals surface area contributed by atoms with E-state index in [4.69, 9.17) is 4.74 Å². The van der Waals surface area contributed by atoms with Crippen LogP contribution in [0.15, 0.2) is 111 Å². The zero-order valence-corrected chi connectivity index (χ0v) is 32.8. The van der Waals surface area contributed by atoms with Crippen molar-refractivity contribution in [2.45, 2.75) is 93.9 Å². The number of phenolic OH excluding ortho intramolecular Hbond substituents is 1. The van der Waals surface area contributed by atoms with Crippen LogP contribution in [0.25, 0.3) is 11.5 Å². The van der Waals surface area contributed by atoms with Gasteiger partial charge in [0.1, 0.15) is 5.75 Å². The van der Waals surface area contributed by atoms with Crippen LogP contribution in [-0.4, -0.2) is 34.9 Å². The molecular formula is C44H51O4Se. The van der Waals surface area contributed by atoms with E-state index in [1.54, 1.807) is 6.08 Å². The van der Waals surface area contributed by atoms with E-state index in [-0.39, 0.29) is 53.3 Å². The summed E-state index contributed by atoms with van der Waals surface area (Å²) in [6.07, 6.45) is 11.8. The second kappa shape index (κ2) is 12.8. The van der Waals surface area contributed by atoms with Crippen LogP contribution in [0.5, 0.6) is 5.75 Å². The monoisotopic (exact) mass is 723 g/mol. The molecule has 2 heterocycles. The molecule has 1 radical (unpaired) electrons. The average Bonchev–Trinajstić information content (AvgIpc) is 3.00. The van der Waals surface area contributed by atoms with E-state index >= 15 is 0 Å². The predicted molar refractivity (Wildman–Crippen MR) is 206 cm³/mol.